The maximum atomic E-state index is 14.2. The van der Waals surface area contributed by atoms with Crippen LogP contribution in [0.15, 0.2) is 4.99 Å². The van der Waals surface area contributed by atoms with Crippen LogP contribution in [0.2, 0.25) is 0 Å². The zero-order valence-electron chi connectivity index (χ0n) is 45.4. The molecule has 1 heterocycles. The van der Waals surface area contributed by atoms with Crippen LogP contribution >= 0.6 is 0 Å². The van der Waals surface area contributed by atoms with Crippen molar-refractivity contribution < 1.29 is 53.1 Å². The monoisotopic (exact) mass is 1040 g/mol. The van der Waals surface area contributed by atoms with Crippen LogP contribution in [0.1, 0.15) is 140 Å². The van der Waals surface area contributed by atoms with Crippen molar-refractivity contribution in [2.75, 3.05) is 33.2 Å². The minimum atomic E-state index is -1.63. The zero-order valence-corrected chi connectivity index (χ0v) is 45.4. The van der Waals surface area contributed by atoms with Gasteiger partial charge in [-0.15, -0.1) is 0 Å². The molecule has 24 nitrogen and oxygen atoms in total. The fraction of sp³-hybridized carbons (Fsp3) is 0.776. The molecule has 0 spiro atoms. The van der Waals surface area contributed by atoms with Gasteiger partial charge in [0.1, 0.15) is 48.3 Å². The normalized spacial score (nSPS) is 17.3. The molecule has 73 heavy (non-hydrogen) atoms. The highest BCUT2D eigenvalue weighted by Crippen LogP contribution is 2.21. The van der Waals surface area contributed by atoms with Gasteiger partial charge in [0, 0.05) is 33.6 Å². The summed E-state index contributed by atoms with van der Waals surface area (Å²) in [7, 11) is 1.44. The highest BCUT2D eigenvalue weighted by Gasteiger charge is 2.40. The Bertz CT molecular complexity index is 1900. The van der Waals surface area contributed by atoms with E-state index in [2.05, 4.69) is 47.5 Å². The van der Waals surface area contributed by atoms with Gasteiger partial charge in [-0.1, -0.05) is 81.1 Å². The summed E-state index contributed by atoms with van der Waals surface area (Å²) in [6.07, 6.45) is 1.95. The number of hydrogen-bond acceptors (Lipinski definition) is 12. The molecule has 0 unspecified atom stereocenters. The van der Waals surface area contributed by atoms with E-state index >= 15 is 0 Å². The number of guanidine groups is 1. The molecule has 1 rings (SSSR count). The first-order valence-corrected chi connectivity index (χ1v) is 25.9. The van der Waals surface area contributed by atoms with Gasteiger partial charge >= 0.3 is 0 Å². The molecular weight excluding hydrogens is 947 g/mol. The van der Waals surface area contributed by atoms with Gasteiger partial charge in [-0.3, -0.25) is 52.9 Å². The van der Waals surface area contributed by atoms with E-state index in [1.54, 1.807) is 48.5 Å². The number of hydrogen-bond donors (Lipinski definition) is 11. The Hall–Kier alpha value is -6.07. The molecule has 24 heteroatoms. The molecule has 11 atom stereocenters. The van der Waals surface area contributed by atoms with Crippen LogP contribution in [0.3, 0.4) is 0 Å². The first-order chi connectivity index (χ1) is 34.3. The van der Waals surface area contributed by atoms with Crippen molar-refractivity contribution in [2.24, 2.45) is 34.2 Å². The number of aliphatic imine (C=N–C) groups is 1. The quantitative estimate of drug-likeness (QED) is 0.0214. The van der Waals surface area contributed by atoms with E-state index in [1.807, 2.05) is 13.8 Å². The van der Waals surface area contributed by atoms with Gasteiger partial charge in [0.25, 0.3) is 0 Å². The molecular formula is C49H89N13O11. The maximum Gasteiger partial charge on any atom is 0.245 e. The molecule has 0 aliphatic carbocycles. The Balaban J connectivity index is 3.37. The fourth-order valence-corrected chi connectivity index (χ4v) is 8.10. The Morgan fingerprint density at radius 3 is 1.59 bits per heavy atom. The van der Waals surface area contributed by atoms with E-state index in [9.17, 15) is 53.1 Å². The van der Waals surface area contributed by atoms with E-state index in [-0.39, 0.29) is 50.1 Å². The van der Waals surface area contributed by atoms with Gasteiger partial charge in [-0.2, -0.15) is 0 Å². The molecule has 1 fully saturated rings. The Kier molecular flexibility index (Phi) is 29.3. The van der Waals surface area contributed by atoms with Crippen molar-refractivity contribution >= 4 is 65.0 Å². The standard InChI is InChI=1S/C49H89N13O11/c1-13-20-32(54-36(65)26-61(12)31(11)64)41(66)57-37(27(6)7)44(69)59-39(29(9)16-4)46(71)60-40(30(10)63)47(72)55-33(21-14-2)42(67)58-38(28(8)15-3)45(70)56-34(22-18-24-53-49(50)51)48(73)62-25-19-23-35(62)43(68)52-17-5/h27-30,32-35,37-40,63H,13-26H2,1-12H3,(H,52,68)(H,54,65)(H,55,72)(H,56,70)(H,57,66)(H,58,67)(H,59,69)(H,60,71)(H4,50,51,53)/t28-,29-,30+,32-,33-,34-,35-,37-,38-,39+,40-/m0/s1. The average molecular weight is 1040 g/mol. The summed E-state index contributed by atoms with van der Waals surface area (Å²) < 4.78 is 0. The van der Waals surface area contributed by atoms with E-state index < -0.39 is 119 Å². The van der Waals surface area contributed by atoms with Gasteiger partial charge in [0.15, 0.2) is 5.96 Å². The van der Waals surface area contributed by atoms with Crippen LogP contribution < -0.4 is 54.0 Å². The van der Waals surface area contributed by atoms with Crippen LogP contribution in [0.5, 0.6) is 0 Å². The second kappa shape index (κ2) is 32.9. The van der Waals surface area contributed by atoms with Gasteiger partial charge in [0.2, 0.25) is 59.1 Å². The number of nitrogens with one attached hydrogen (secondary N) is 8. The summed E-state index contributed by atoms with van der Waals surface area (Å²) in [6, 6.07) is -9.38. The number of amides is 10. The second-order valence-corrected chi connectivity index (χ2v) is 19.4. The number of nitrogens with two attached hydrogens (primary N) is 2. The summed E-state index contributed by atoms with van der Waals surface area (Å²) in [5.41, 5.74) is 11.0. The number of likely N-dealkylation sites (N-methyl/N-ethyl adjacent to an activating group) is 2. The molecule has 0 saturated carbocycles. The third-order valence-electron chi connectivity index (χ3n) is 13.0. The van der Waals surface area contributed by atoms with Crippen LogP contribution in [0, 0.1) is 17.8 Å². The average Bonchev–Trinajstić information content (AvgIpc) is 3.83. The minimum Gasteiger partial charge on any atom is -0.391 e. The van der Waals surface area contributed by atoms with Crippen LogP contribution in [-0.2, 0) is 47.9 Å². The van der Waals surface area contributed by atoms with Gasteiger partial charge < -0.3 is 68.9 Å². The fourth-order valence-electron chi connectivity index (χ4n) is 8.10. The number of aliphatic hydroxyl groups is 1. The van der Waals surface area contributed by atoms with Crippen molar-refractivity contribution in [3.8, 4) is 0 Å². The van der Waals surface area contributed by atoms with Crippen molar-refractivity contribution in [3.63, 3.8) is 0 Å². The first kappa shape index (κ1) is 64.9. The maximum absolute atomic E-state index is 14.2. The molecule has 0 aromatic heterocycles. The predicted molar refractivity (Wildman–Crippen MR) is 275 cm³/mol. The molecule has 1 aliphatic heterocycles. The molecule has 0 aromatic rings. The van der Waals surface area contributed by atoms with E-state index in [0.717, 1.165) is 0 Å². The van der Waals surface area contributed by atoms with Gasteiger partial charge in [-0.25, -0.2) is 0 Å². The van der Waals surface area contributed by atoms with Crippen molar-refractivity contribution in [1.82, 2.24) is 52.3 Å². The lowest BCUT2D eigenvalue weighted by Crippen LogP contribution is -2.63. The topological polar surface area (TPSA) is 358 Å². The summed E-state index contributed by atoms with van der Waals surface area (Å²) in [5, 5.41) is 32.4. The molecule has 0 bridgehead atoms. The lowest BCUT2D eigenvalue weighted by atomic mass is 9.95. The molecule has 1 saturated heterocycles. The van der Waals surface area contributed by atoms with E-state index in [1.165, 1.54) is 30.7 Å². The highest BCUT2D eigenvalue weighted by molar-refractivity contribution is 5.98. The molecule has 10 amide bonds. The van der Waals surface area contributed by atoms with Crippen LogP contribution in [0.4, 0.5) is 0 Å². The SMILES string of the molecule is CCC[C@H](NC(=O)CN(C)C(C)=O)C(=O)N[C@H](C(=O)N[C@@H](C(=O)N[C@H](C(=O)N[C@@H](CCC)C(=O)N[C@H](C(=O)N[C@@H](CCCN=C(N)N)C(=O)N1CCC[C@H]1C(=O)NCC)[C@@H](C)CC)[C@@H](C)O)[C@@H](C)CC)C(C)C. The molecule has 416 valence electrons. The Morgan fingerprint density at radius 1 is 0.644 bits per heavy atom. The van der Waals surface area contributed by atoms with Crippen molar-refractivity contribution in [2.45, 2.75) is 195 Å². The lowest BCUT2D eigenvalue weighted by molar-refractivity contribution is -0.142. The number of carbonyl (C=O) groups is 10. The smallest absolute Gasteiger partial charge is 0.245 e. The van der Waals surface area contributed by atoms with Crippen molar-refractivity contribution in [3.05, 3.63) is 0 Å². The Labute approximate surface area is 431 Å². The van der Waals surface area contributed by atoms with Crippen LogP contribution in [-0.4, -0.2) is 168 Å². The van der Waals surface area contributed by atoms with E-state index in [0.29, 0.717) is 58.0 Å². The molecule has 13 N–H and O–H groups in total. The summed E-state index contributed by atoms with van der Waals surface area (Å²) in [5.74, 6) is -7.87. The molecule has 0 radical (unpaired) electrons. The number of carbonyl (C=O) groups excluding carboxylic acids is 10. The third kappa shape index (κ3) is 21.5. The third-order valence-corrected chi connectivity index (χ3v) is 13.0. The Morgan fingerprint density at radius 2 is 1.11 bits per heavy atom. The second-order valence-electron chi connectivity index (χ2n) is 19.4. The molecule has 1 aliphatic rings. The predicted octanol–water partition coefficient (Wildman–Crippen LogP) is -1.23. The van der Waals surface area contributed by atoms with E-state index in [4.69, 9.17) is 11.5 Å². The summed E-state index contributed by atoms with van der Waals surface area (Å²) >= 11 is 0. The minimum absolute atomic E-state index is 0.0844. The zero-order chi connectivity index (χ0) is 55.7. The first-order valence-electron chi connectivity index (χ1n) is 25.9. The van der Waals surface area contributed by atoms with Crippen LogP contribution in [0.25, 0.3) is 0 Å². The molecule has 0 aromatic carbocycles. The summed E-state index contributed by atoms with van der Waals surface area (Å²) in [4.78, 5) is 142. The number of aliphatic hydroxyl groups excluding tert-OH is 1. The number of nitrogens with zero attached hydrogens (tertiary/aromatic N) is 3. The number of likely N-dealkylation sites (tertiary alicyclic amines) is 1. The highest BCUT2D eigenvalue weighted by atomic mass is 16.3. The van der Waals surface area contributed by atoms with Crippen molar-refractivity contribution in [1.29, 1.82) is 0 Å². The largest absolute Gasteiger partial charge is 0.391 e. The number of rotatable bonds is 32. The summed E-state index contributed by atoms with van der Waals surface area (Å²) in [6.45, 7) is 18.9. The lowest BCUT2D eigenvalue weighted by Gasteiger charge is -2.32. The van der Waals surface area contributed by atoms with Gasteiger partial charge in [-0.05, 0) is 70.1 Å². The van der Waals surface area contributed by atoms with Gasteiger partial charge in [0.05, 0.1) is 12.6 Å².